The van der Waals surface area contributed by atoms with E-state index in [4.69, 9.17) is 14.2 Å². The number of carbonyl (C=O) groups excluding carboxylic acids is 1. The summed E-state index contributed by atoms with van der Waals surface area (Å²) in [5, 5.41) is 5.98. The molecule has 3 aromatic rings. The molecule has 0 aliphatic carbocycles. The van der Waals surface area contributed by atoms with E-state index < -0.39 is 0 Å². The molecule has 136 valence electrons. The second-order valence-corrected chi connectivity index (χ2v) is 5.90. The van der Waals surface area contributed by atoms with Crippen molar-refractivity contribution in [2.75, 3.05) is 13.4 Å². The topological polar surface area (TPSA) is 69.2 Å². The minimum absolute atomic E-state index is 0.180. The van der Waals surface area contributed by atoms with Gasteiger partial charge in [0.2, 0.25) is 6.79 Å². The standard InChI is InChI=1S/C21H18N2O4/c1-2-25-18-11-20-19(26-13-27-20)10-15(18)12-22-23-21(24)17-9-5-7-14-6-3-4-8-16(14)17/h3-12H,2,13H2,1H3,(H,23,24)/b22-12+. The van der Waals surface area contributed by atoms with Crippen LogP contribution in [0.4, 0.5) is 0 Å². The fourth-order valence-electron chi connectivity index (χ4n) is 2.96. The van der Waals surface area contributed by atoms with Gasteiger partial charge in [-0.1, -0.05) is 36.4 Å². The van der Waals surface area contributed by atoms with Gasteiger partial charge in [-0.15, -0.1) is 0 Å². The monoisotopic (exact) mass is 362 g/mol. The lowest BCUT2D eigenvalue weighted by atomic mass is 10.0. The van der Waals surface area contributed by atoms with Crippen molar-refractivity contribution in [2.24, 2.45) is 5.10 Å². The highest BCUT2D eigenvalue weighted by Crippen LogP contribution is 2.37. The number of nitrogens with zero attached hydrogens (tertiary/aromatic N) is 1. The normalized spacial score (nSPS) is 12.5. The van der Waals surface area contributed by atoms with Crippen LogP contribution >= 0.6 is 0 Å². The predicted octanol–water partition coefficient (Wildman–Crippen LogP) is 3.73. The second-order valence-electron chi connectivity index (χ2n) is 5.90. The first-order chi connectivity index (χ1) is 13.3. The molecule has 1 heterocycles. The zero-order chi connectivity index (χ0) is 18.6. The molecule has 4 rings (SSSR count). The Hall–Kier alpha value is -3.54. The number of ether oxygens (including phenoxy) is 3. The van der Waals surface area contributed by atoms with Crippen LogP contribution in [0.25, 0.3) is 10.8 Å². The number of carbonyl (C=O) groups is 1. The summed E-state index contributed by atoms with van der Waals surface area (Å²) < 4.78 is 16.4. The van der Waals surface area contributed by atoms with Crippen LogP contribution in [0, 0.1) is 0 Å². The summed E-state index contributed by atoms with van der Waals surface area (Å²) in [5.74, 6) is 1.60. The first-order valence-electron chi connectivity index (χ1n) is 8.64. The summed E-state index contributed by atoms with van der Waals surface area (Å²) in [4.78, 5) is 12.5. The van der Waals surface area contributed by atoms with Gasteiger partial charge >= 0.3 is 0 Å². The third kappa shape index (κ3) is 3.42. The Kier molecular flexibility index (Phi) is 4.61. The fraction of sp³-hybridized carbons (Fsp3) is 0.143. The van der Waals surface area contributed by atoms with E-state index in [1.165, 1.54) is 6.21 Å². The minimum Gasteiger partial charge on any atom is -0.493 e. The molecule has 0 fully saturated rings. The molecule has 0 aromatic heterocycles. The largest absolute Gasteiger partial charge is 0.493 e. The maximum absolute atomic E-state index is 12.5. The quantitative estimate of drug-likeness (QED) is 0.555. The van der Waals surface area contributed by atoms with E-state index in [1.54, 1.807) is 18.2 Å². The highest BCUT2D eigenvalue weighted by molar-refractivity contribution is 6.07. The first-order valence-corrected chi connectivity index (χ1v) is 8.64. The molecule has 1 N–H and O–H groups in total. The number of benzene rings is 3. The Bertz CT molecular complexity index is 1020. The first kappa shape index (κ1) is 16.9. The Morgan fingerprint density at radius 3 is 2.78 bits per heavy atom. The van der Waals surface area contributed by atoms with Gasteiger partial charge in [-0.05, 0) is 29.8 Å². The van der Waals surface area contributed by atoms with Crippen LogP contribution in [-0.4, -0.2) is 25.5 Å². The Morgan fingerprint density at radius 2 is 1.93 bits per heavy atom. The summed E-state index contributed by atoms with van der Waals surface area (Å²) in [5.41, 5.74) is 3.84. The lowest BCUT2D eigenvalue weighted by molar-refractivity contribution is 0.0956. The number of rotatable bonds is 5. The maximum atomic E-state index is 12.5. The van der Waals surface area contributed by atoms with Gasteiger partial charge in [0, 0.05) is 17.2 Å². The molecule has 0 atom stereocenters. The van der Waals surface area contributed by atoms with Crippen molar-refractivity contribution in [1.82, 2.24) is 5.43 Å². The minimum atomic E-state index is -0.276. The molecule has 6 nitrogen and oxygen atoms in total. The van der Waals surface area contributed by atoms with Crippen LogP contribution in [0.3, 0.4) is 0 Å². The number of amides is 1. The highest BCUT2D eigenvalue weighted by atomic mass is 16.7. The van der Waals surface area contributed by atoms with Gasteiger partial charge < -0.3 is 14.2 Å². The van der Waals surface area contributed by atoms with Crippen LogP contribution in [-0.2, 0) is 0 Å². The number of fused-ring (bicyclic) bond motifs is 2. The number of nitrogens with one attached hydrogen (secondary N) is 1. The summed E-state index contributed by atoms with van der Waals surface area (Å²) in [6.07, 6.45) is 1.54. The zero-order valence-electron chi connectivity index (χ0n) is 14.8. The summed E-state index contributed by atoms with van der Waals surface area (Å²) in [7, 11) is 0. The third-order valence-corrected chi connectivity index (χ3v) is 4.21. The van der Waals surface area contributed by atoms with E-state index in [2.05, 4.69) is 10.5 Å². The maximum Gasteiger partial charge on any atom is 0.271 e. The van der Waals surface area contributed by atoms with E-state index in [0.29, 0.717) is 35.0 Å². The van der Waals surface area contributed by atoms with Crippen molar-refractivity contribution in [2.45, 2.75) is 6.92 Å². The SMILES string of the molecule is CCOc1cc2c(cc1/C=N/NC(=O)c1cccc3ccccc13)OCO2. The third-order valence-electron chi connectivity index (χ3n) is 4.21. The van der Waals surface area contributed by atoms with Crippen LogP contribution < -0.4 is 19.6 Å². The molecule has 0 saturated carbocycles. The average molecular weight is 362 g/mol. The molecule has 1 aliphatic heterocycles. The van der Waals surface area contributed by atoms with Gasteiger partial charge in [0.05, 0.1) is 12.8 Å². The van der Waals surface area contributed by atoms with Crippen molar-refractivity contribution in [1.29, 1.82) is 0 Å². The second kappa shape index (κ2) is 7.37. The Balaban J connectivity index is 1.56. The van der Waals surface area contributed by atoms with Gasteiger partial charge in [0.15, 0.2) is 11.5 Å². The van der Waals surface area contributed by atoms with Gasteiger partial charge in [0.25, 0.3) is 5.91 Å². The van der Waals surface area contributed by atoms with E-state index in [0.717, 1.165) is 10.8 Å². The Morgan fingerprint density at radius 1 is 1.15 bits per heavy atom. The molecule has 27 heavy (non-hydrogen) atoms. The molecule has 0 saturated heterocycles. The van der Waals surface area contributed by atoms with E-state index >= 15 is 0 Å². The van der Waals surface area contributed by atoms with E-state index in [-0.39, 0.29) is 12.7 Å². The lowest BCUT2D eigenvalue weighted by Crippen LogP contribution is -2.18. The van der Waals surface area contributed by atoms with Crippen molar-refractivity contribution in [3.63, 3.8) is 0 Å². The van der Waals surface area contributed by atoms with Crippen LogP contribution in [0.15, 0.2) is 59.7 Å². The summed E-state index contributed by atoms with van der Waals surface area (Å²) >= 11 is 0. The molecular formula is C21H18N2O4. The van der Waals surface area contributed by atoms with Gasteiger partial charge in [-0.3, -0.25) is 4.79 Å². The predicted molar refractivity (Wildman–Crippen MR) is 103 cm³/mol. The molecule has 1 aliphatic rings. The molecule has 0 spiro atoms. The Labute approximate surface area is 156 Å². The smallest absolute Gasteiger partial charge is 0.271 e. The van der Waals surface area contributed by atoms with Crippen LogP contribution in [0.1, 0.15) is 22.8 Å². The number of hydrogen-bond acceptors (Lipinski definition) is 5. The molecular weight excluding hydrogens is 344 g/mol. The molecule has 0 radical (unpaired) electrons. The summed E-state index contributed by atoms with van der Waals surface area (Å²) in [6.45, 7) is 2.58. The number of hydrogen-bond donors (Lipinski definition) is 1. The van der Waals surface area contributed by atoms with E-state index in [9.17, 15) is 4.79 Å². The summed E-state index contributed by atoms with van der Waals surface area (Å²) in [6, 6.07) is 16.9. The average Bonchev–Trinajstić information content (AvgIpc) is 3.15. The van der Waals surface area contributed by atoms with Crippen molar-refractivity contribution in [3.05, 3.63) is 65.7 Å². The molecule has 1 amide bonds. The molecule has 0 unspecified atom stereocenters. The van der Waals surface area contributed by atoms with Crippen molar-refractivity contribution < 1.29 is 19.0 Å². The molecule has 6 heteroatoms. The lowest BCUT2D eigenvalue weighted by Gasteiger charge is -2.08. The van der Waals surface area contributed by atoms with Gasteiger partial charge in [-0.25, -0.2) is 5.43 Å². The number of hydrazone groups is 1. The van der Waals surface area contributed by atoms with Crippen LogP contribution in [0.5, 0.6) is 17.2 Å². The molecule has 0 bridgehead atoms. The fourth-order valence-corrected chi connectivity index (χ4v) is 2.96. The van der Waals surface area contributed by atoms with Gasteiger partial charge in [-0.2, -0.15) is 5.10 Å². The molecule has 3 aromatic carbocycles. The van der Waals surface area contributed by atoms with E-state index in [1.807, 2.05) is 43.3 Å². The highest BCUT2D eigenvalue weighted by Gasteiger charge is 2.17. The van der Waals surface area contributed by atoms with Crippen LogP contribution in [0.2, 0.25) is 0 Å². The zero-order valence-corrected chi connectivity index (χ0v) is 14.8. The van der Waals surface area contributed by atoms with Gasteiger partial charge in [0.1, 0.15) is 5.75 Å². The van der Waals surface area contributed by atoms with Crippen molar-refractivity contribution >= 4 is 22.9 Å². The van der Waals surface area contributed by atoms with Crippen molar-refractivity contribution in [3.8, 4) is 17.2 Å².